The molecule has 222 valence electrons. The summed E-state index contributed by atoms with van der Waals surface area (Å²) in [4.78, 5) is 33.1. The van der Waals surface area contributed by atoms with E-state index in [4.69, 9.17) is 4.43 Å². The van der Waals surface area contributed by atoms with Gasteiger partial charge in [0.1, 0.15) is 48.5 Å². The van der Waals surface area contributed by atoms with Crippen LogP contribution in [0.25, 0.3) is 0 Å². The summed E-state index contributed by atoms with van der Waals surface area (Å²) in [5.74, 6) is 0.312. The third-order valence-corrected chi connectivity index (χ3v) is 15.0. The number of carbonyl (C=O) groups is 2. The highest BCUT2D eigenvalue weighted by Gasteiger charge is 2.56. The molecule has 2 aliphatic heterocycles. The normalized spacial score (nSPS) is 19.0. The van der Waals surface area contributed by atoms with Gasteiger partial charge in [0, 0.05) is 11.3 Å². The summed E-state index contributed by atoms with van der Waals surface area (Å²) in [6.07, 6.45) is 0.663. The number of fused-ring (bicyclic) bond motifs is 1. The van der Waals surface area contributed by atoms with Crippen molar-refractivity contribution in [3.8, 4) is 0 Å². The Balaban J connectivity index is 0.00000405. The number of halogens is 1. The second-order valence-electron chi connectivity index (χ2n) is 12.7. The number of thioether (sulfide) groups is 1. The van der Waals surface area contributed by atoms with Crippen molar-refractivity contribution in [1.82, 2.24) is 9.88 Å². The minimum absolute atomic E-state index is 0. The first kappa shape index (κ1) is 33.1. The molecule has 2 aliphatic rings. The molecule has 1 amide bonds. The van der Waals surface area contributed by atoms with Crippen molar-refractivity contribution in [1.29, 1.82) is 0 Å². The van der Waals surface area contributed by atoms with Gasteiger partial charge < -0.3 is 33.4 Å². The van der Waals surface area contributed by atoms with Gasteiger partial charge in [0.15, 0.2) is 0 Å². The van der Waals surface area contributed by atoms with Crippen molar-refractivity contribution in [3.05, 3.63) is 102 Å². The minimum atomic E-state index is -2.26. The molecular weight excluding hydrogens is 706 g/mol. The molecule has 0 spiro atoms. The van der Waals surface area contributed by atoms with Crippen molar-refractivity contribution in [2.24, 2.45) is 0 Å². The number of β-lactam (4-membered cyclic amide) rings is 1. The summed E-state index contributed by atoms with van der Waals surface area (Å²) < 4.78 is 6.12. The lowest BCUT2D eigenvalue weighted by Gasteiger charge is -2.52. The van der Waals surface area contributed by atoms with Gasteiger partial charge in [-0.1, -0.05) is 74.2 Å². The fraction of sp³-hybridized carbons (Fsp3) is 0.312. The molecule has 0 aromatic heterocycles. The van der Waals surface area contributed by atoms with Gasteiger partial charge in [0.2, 0.25) is 14.2 Å². The molecule has 1 N–H and O–H groups in total. The maximum Gasteiger partial charge on any atom is 0.341 e. The minimum Gasteiger partial charge on any atom is -1.00 e. The first-order valence-corrected chi connectivity index (χ1v) is 24.1. The number of amides is 1. The Morgan fingerprint density at radius 1 is 0.857 bits per heavy atom. The van der Waals surface area contributed by atoms with E-state index in [9.17, 15) is 9.59 Å². The van der Waals surface area contributed by atoms with Gasteiger partial charge in [-0.05, 0) is 56.0 Å². The zero-order chi connectivity index (χ0) is 29.4. The van der Waals surface area contributed by atoms with E-state index in [0.29, 0.717) is 17.6 Å². The molecule has 42 heavy (non-hydrogen) atoms. The highest BCUT2D eigenvalue weighted by atomic mass is 127. The van der Waals surface area contributed by atoms with Gasteiger partial charge in [-0.15, -0.1) is 11.8 Å². The average Bonchev–Trinajstić information content (AvgIpc) is 2.94. The lowest BCUT2D eigenvalue weighted by atomic mass is 10.0. The average molecular weight is 747 g/mol. The summed E-state index contributed by atoms with van der Waals surface area (Å²) in [6.45, 7) is 12.7. The van der Waals surface area contributed by atoms with Crippen LogP contribution in [-0.4, -0.2) is 56.7 Å². The van der Waals surface area contributed by atoms with Crippen molar-refractivity contribution >= 4 is 63.4 Å². The van der Waals surface area contributed by atoms with Crippen LogP contribution in [0.3, 0.4) is 0 Å². The molecule has 5 rings (SSSR count). The lowest BCUT2D eigenvalue weighted by Crippen LogP contribution is -3.00. The third-order valence-electron chi connectivity index (χ3n) is 7.25. The highest BCUT2D eigenvalue weighted by molar-refractivity contribution is 8.00. The fourth-order valence-corrected chi connectivity index (χ4v) is 13.4. The van der Waals surface area contributed by atoms with E-state index in [1.807, 2.05) is 19.6 Å². The molecule has 0 radical (unpaired) electrons. The molecule has 3 aromatic carbocycles. The van der Waals surface area contributed by atoms with Gasteiger partial charge in [-0.25, -0.2) is 4.79 Å². The first-order valence-electron chi connectivity index (χ1n) is 14.1. The Morgan fingerprint density at radius 3 is 1.71 bits per heavy atom. The summed E-state index contributed by atoms with van der Waals surface area (Å²) in [6, 6.07) is 31.8. The second-order valence-corrected chi connectivity index (χ2v) is 26.5. The molecule has 2 atom stereocenters. The van der Waals surface area contributed by atoms with E-state index in [2.05, 4.69) is 116 Å². The number of nitrogens with one attached hydrogen (secondary N) is 1. The van der Waals surface area contributed by atoms with E-state index in [1.54, 1.807) is 16.7 Å². The topological polar surface area (TPSA) is 58.6 Å². The Bertz CT molecular complexity index is 1350. The van der Waals surface area contributed by atoms with Crippen LogP contribution < -0.4 is 44.9 Å². The van der Waals surface area contributed by atoms with Gasteiger partial charge >= 0.3 is 5.97 Å². The standard InChI is InChI=1S/C32H40N2O3PSSi2.HI/c1-40(2,3)33-28-30(35)34-29(32(36)37-41(4,5)6)24(23-39-31(28)34)22-38(25-16-10-7-11-17-25,26-18-12-8-13-19-26)27-20-14-9-15-21-27;/h7-21,28,31,33H,22-23H2,1-6H3;1H/q+1;/p-1. The molecule has 5 nitrogen and oxygen atoms in total. The SMILES string of the molecule is C[Si](C)(C)NC1C(=O)N2C(C(=O)O[Si](C)(C)C)=C(C[P+](c3ccccc3)(c3ccccc3)c3ccccc3)CSC12.[I-]. The number of carbonyl (C=O) groups excluding carboxylic acids is 2. The molecule has 0 saturated carbocycles. The Labute approximate surface area is 274 Å². The number of benzene rings is 3. The van der Waals surface area contributed by atoms with Crippen LogP contribution in [0.15, 0.2) is 102 Å². The van der Waals surface area contributed by atoms with E-state index < -0.39 is 23.8 Å². The quantitative estimate of drug-likeness (QED) is 0.158. The zero-order valence-electron chi connectivity index (χ0n) is 25.1. The number of hydrogen-bond donors (Lipinski definition) is 1. The van der Waals surface area contributed by atoms with E-state index in [-0.39, 0.29) is 47.3 Å². The second kappa shape index (κ2) is 13.1. The maximum atomic E-state index is 14.0. The van der Waals surface area contributed by atoms with Crippen LogP contribution in [0.5, 0.6) is 0 Å². The van der Waals surface area contributed by atoms with E-state index in [0.717, 1.165) is 5.57 Å². The molecular formula is C32H40IN2O3PSSi2. The zero-order valence-corrected chi connectivity index (χ0v) is 31.0. The van der Waals surface area contributed by atoms with E-state index in [1.165, 1.54) is 15.9 Å². The van der Waals surface area contributed by atoms with E-state index >= 15 is 0 Å². The summed E-state index contributed by atoms with van der Waals surface area (Å²) >= 11 is 1.77. The highest BCUT2D eigenvalue weighted by Crippen LogP contribution is 2.58. The number of rotatable bonds is 9. The summed E-state index contributed by atoms with van der Waals surface area (Å²) in [5.41, 5.74) is 1.47. The molecule has 2 heterocycles. The van der Waals surface area contributed by atoms with Crippen molar-refractivity contribution in [2.45, 2.75) is 50.7 Å². The van der Waals surface area contributed by atoms with Crippen LogP contribution in [0, 0.1) is 0 Å². The molecule has 1 saturated heterocycles. The number of hydrogen-bond acceptors (Lipinski definition) is 5. The third kappa shape index (κ3) is 6.81. The molecule has 1 fully saturated rings. The van der Waals surface area contributed by atoms with Crippen LogP contribution in [0.4, 0.5) is 0 Å². The van der Waals surface area contributed by atoms with Gasteiger partial charge in [-0.3, -0.25) is 9.69 Å². The molecule has 0 bridgehead atoms. The lowest BCUT2D eigenvalue weighted by molar-refractivity contribution is -0.147. The van der Waals surface area contributed by atoms with Crippen LogP contribution in [0.1, 0.15) is 0 Å². The Kier molecular flexibility index (Phi) is 10.3. The monoisotopic (exact) mass is 746 g/mol. The van der Waals surface area contributed by atoms with Gasteiger partial charge in [0.05, 0.1) is 6.16 Å². The smallest absolute Gasteiger partial charge is 0.341 e. The van der Waals surface area contributed by atoms with Crippen molar-refractivity contribution in [2.75, 3.05) is 11.9 Å². The first-order chi connectivity index (χ1) is 19.4. The van der Waals surface area contributed by atoms with Crippen LogP contribution in [-0.2, 0) is 14.0 Å². The summed E-state index contributed by atoms with van der Waals surface area (Å²) in [5, 5.41) is 3.66. The molecule has 0 aliphatic carbocycles. The Morgan fingerprint density at radius 2 is 1.31 bits per heavy atom. The molecule has 3 aromatic rings. The maximum absolute atomic E-state index is 14.0. The number of nitrogens with zero attached hydrogens (tertiary/aromatic N) is 1. The Hall–Kier alpha value is -1.76. The van der Waals surface area contributed by atoms with Crippen LogP contribution in [0.2, 0.25) is 39.3 Å². The predicted octanol–water partition coefficient (Wildman–Crippen LogP) is 2.32. The largest absolute Gasteiger partial charge is 1.00 e. The van der Waals surface area contributed by atoms with Crippen LogP contribution >= 0.6 is 19.0 Å². The fourth-order valence-electron chi connectivity index (χ4n) is 5.64. The van der Waals surface area contributed by atoms with Gasteiger partial charge in [-0.2, -0.15) is 0 Å². The molecule has 10 heteroatoms. The molecule has 2 unspecified atom stereocenters. The predicted molar refractivity (Wildman–Crippen MR) is 180 cm³/mol. The van der Waals surface area contributed by atoms with Crippen molar-refractivity contribution in [3.63, 3.8) is 0 Å². The summed E-state index contributed by atoms with van der Waals surface area (Å²) in [7, 11) is -6.19. The van der Waals surface area contributed by atoms with Gasteiger partial charge in [0.25, 0.3) is 0 Å². The van der Waals surface area contributed by atoms with Crippen molar-refractivity contribution < 1.29 is 38.0 Å².